The highest BCUT2D eigenvalue weighted by molar-refractivity contribution is 7.26. The fraction of sp³-hybridized carbons (Fsp3) is 0.192. The third kappa shape index (κ3) is 2.63. The number of benzene rings is 3. The van der Waals surface area contributed by atoms with Gasteiger partial charge in [0.2, 0.25) is 0 Å². The lowest BCUT2D eigenvalue weighted by Crippen LogP contribution is -2.12. The van der Waals surface area contributed by atoms with Gasteiger partial charge >= 0.3 is 0 Å². The van der Waals surface area contributed by atoms with Gasteiger partial charge in [0.25, 0.3) is 0 Å². The van der Waals surface area contributed by atoms with Crippen LogP contribution in [0.15, 0.2) is 66.9 Å². The highest BCUT2D eigenvalue weighted by Crippen LogP contribution is 2.42. The first-order valence-electron chi connectivity index (χ1n) is 9.74. The van der Waals surface area contributed by atoms with Gasteiger partial charge in [-0.1, -0.05) is 63.2 Å². The molecule has 0 spiro atoms. The van der Waals surface area contributed by atoms with Gasteiger partial charge in [0.05, 0.1) is 10.4 Å². The van der Waals surface area contributed by atoms with Crippen LogP contribution in [0.5, 0.6) is 0 Å². The van der Waals surface area contributed by atoms with Gasteiger partial charge in [0, 0.05) is 27.2 Å². The molecular formula is C26H23NS. The van der Waals surface area contributed by atoms with Gasteiger partial charge in [0.1, 0.15) is 0 Å². The maximum Gasteiger partial charge on any atom is 0.0880 e. The first-order chi connectivity index (χ1) is 13.4. The van der Waals surface area contributed by atoms with Gasteiger partial charge in [-0.15, -0.1) is 11.3 Å². The molecule has 28 heavy (non-hydrogen) atoms. The summed E-state index contributed by atoms with van der Waals surface area (Å²) in [5.74, 6) is 0. The number of hydrogen-bond donors (Lipinski definition) is 0. The third-order valence-electron chi connectivity index (χ3n) is 5.55. The first kappa shape index (κ1) is 17.4. The van der Waals surface area contributed by atoms with Crippen molar-refractivity contribution in [2.24, 2.45) is 0 Å². The zero-order chi connectivity index (χ0) is 19.5. The first-order valence-corrected chi connectivity index (χ1v) is 10.6. The number of hydrogen-bond acceptors (Lipinski definition) is 2. The summed E-state index contributed by atoms with van der Waals surface area (Å²) < 4.78 is 2.64. The lowest BCUT2D eigenvalue weighted by Gasteiger charge is -2.22. The number of nitrogens with zero attached hydrogens (tertiary/aromatic N) is 1. The molecule has 0 atom stereocenters. The quantitative estimate of drug-likeness (QED) is 0.288. The van der Waals surface area contributed by atoms with Crippen LogP contribution >= 0.6 is 11.3 Å². The van der Waals surface area contributed by atoms with Crippen LogP contribution in [-0.2, 0) is 5.41 Å². The van der Waals surface area contributed by atoms with Gasteiger partial charge < -0.3 is 0 Å². The summed E-state index contributed by atoms with van der Waals surface area (Å²) in [6.45, 7) is 9.05. The van der Waals surface area contributed by atoms with Crippen molar-refractivity contribution < 1.29 is 0 Å². The second-order valence-corrected chi connectivity index (χ2v) is 9.61. The Morgan fingerprint density at radius 1 is 0.786 bits per heavy atom. The molecule has 138 valence electrons. The molecule has 2 heteroatoms. The van der Waals surface area contributed by atoms with Crippen LogP contribution in [0.25, 0.3) is 42.2 Å². The maximum atomic E-state index is 4.84. The van der Waals surface area contributed by atoms with Crippen molar-refractivity contribution in [3.8, 4) is 11.3 Å². The van der Waals surface area contributed by atoms with Crippen LogP contribution in [0.4, 0.5) is 0 Å². The van der Waals surface area contributed by atoms with E-state index in [9.17, 15) is 0 Å². The van der Waals surface area contributed by atoms with Crippen LogP contribution in [-0.4, -0.2) is 4.98 Å². The van der Waals surface area contributed by atoms with Crippen molar-refractivity contribution in [1.29, 1.82) is 0 Å². The molecule has 0 N–H and O–H groups in total. The summed E-state index contributed by atoms with van der Waals surface area (Å²) in [5.41, 5.74) is 5.07. The van der Waals surface area contributed by atoms with E-state index in [1.807, 2.05) is 17.5 Å². The average molecular weight is 382 g/mol. The number of aromatic nitrogens is 1. The molecule has 2 aromatic heterocycles. The highest BCUT2D eigenvalue weighted by atomic mass is 32.1. The van der Waals surface area contributed by atoms with Crippen LogP contribution in [0.3, 0.4) is 0 Å². The van der Waals surface area contributed by atoms with E-state index in [-0.39, 0.29) is 5.41 Å². The zero-order valence-electron chi connectivity index (χ0n) is 16.7. The van der Waals surface area contributed by atoms with Gasteiger partial charge in [-0.05, 0) is 52.4 Å². The van der Waals surface area contributed by atoms with E-state index < -0.39 is 0 Å². The van der Waals surface area contributed by atoms with Crippen molar-refractivity contribution in [3.63, 3.8) is 0 Å². The molecule has 0 unspecified atom stereocenters. The van der Waals surface area contributed by atoms with E-state index in [0.29, 0.717) is 0 Å². The minimum absolute atomic E-state index is 0.0697. The van der Waals surface area contributed by atoms with Crippen molar-refractivity contribution in [2.45, 2.75) is 33.1 Å². The monoisotopic (exact) mass is 381 g/mol. The summed E-state index contributed by atoms with van der Waals surface area (Å²) in [5, 5.41) is 5.25. The number of aryl methyl sites for hydroxylation is 1. The molecule has 0 saturated heterocycles. The van der Waals surface area contributed by atoms with Crippen LogP contribution < -0.4 is 0 Å². The zero-order valence-corrected chi connectivity index (χ0v) is 17.5. The Morgan fingerprint density at radius 3 is 2.36 bits per heavy atom. The molecule has 0 amide bonds. The lowest BCUT2D eigenvalue weighted by atomic mass is 9.82. The molecule has 1 nitrogen and oxygen atoms in total. The molecule has 0 bridgehead atoms. The van der Waals surface area contributed by atoms with Crippen molar-refractivity contribution in [2.75, 3.05) is 0 Å². The molecule has 3 aromatic carbocycles. The van der Waals surface area contributed by atoms with E-state index in [1.54, 1.807) is 0 Å². The third-order valence-corrected chi connectivity index (χ3v) is 6.92. The number of pyridine rings is 1. The topological polar surface area (TPSA) is 12.9 Å². The average Bonchev–Trinajstić information content (AvgIpc) is 3.07. The molecule has 5 aromatic rings. The largest absolute Gasteiger partial charge is 0.255 e. The summed E-state index contributed by atoms with van der Waals surface area (Å²) in [7, 11) is 0. The minimum atomic E-state index is 0.0697. The van der Waals surface area contributed by atoms with E-state index in [1.165, 1.54) is 47.6 Å². The molecule has 0 aliphatic heterocycles. The smallest absolute Gasteiger partial charge is 0.0880 e. The Morgan fingerprint density at radius 2 is 1.54 bits per heavy atom. The second kappa shape index (κ2) is 6.15. The van der Waals surface area contributed by atoms with Gasteiger partial charge in [-0.25, -0.2) is 0 Å². The van der Waals surface area contributed by atoms with Gasteiger partial charge in [-0.2, -0.15) is 0 Å². The standard InChI is InChI=1S/C26H23NS/c1-16-8-7-11-20-21-12-13-27-23(25(21)28-24(16)20)18-14-17-9-5-6-10-19(17)22(15-18)26(2,3)4/h5-15H,1-4H3. The highest BCUT2D eigenvalue weighted by Gasteiger charge is 2.20. The Hall–Kier alpha value is -2.71. The van der Waals surface area contributed by atoms with Crippen molar-refractivity contribution in [3.05, 3.63) is 78.0 Å². The Kier molecular flexibility index (Phi) is 3.82. The molecule has 2 heterocycles. The summed E-state index contributed by atoms with van der Waals surface area (Å²) in [6, 6.07) is 22.1. The Balaban J connectivity index is 1.87. The van der Waals surface area contributed by atoms with E-state index in [0.717, 1.165) is 5.69 Å². The second-order valence-electron chi connectivity index (χ2n) is 8.58. The number of rotatable bonds is 1. The maximum absolute atomic E-state index is 4.84. The predicted octanol–water partition coefficient (Wildman–Crippen LogP) is 7.88. The summed E-state index contributed by atoms with van der Waals surface area (Å²) in [4.78, 5) is 4.84. The Bertz CT molecular complexity index is 1350. The van der Waals surface area contributed by atoms with Gasteiger partial charge in [-0.3, -0.25) is 4.98 Å². The normalized spacial score (nSPS) is 12.3. The Labute approximate surface area is 169 Å². The lowest BCUT2D eigenvalue weighted by molar-refractivity contribution is 0.596. The molecule has 0 aliphatic rings. The van der Waals surface area contributed by atoms with Gasteiger partial charge in [0.15, 0.2) is 0 Å². The van der Waals surface area contributed by atoms with Crippen LogP contribution in [0.2, 0.25) is 0 Å². The predicted molar refractivity (Wildman–Crippen MR) is 124 cm³/mol. The summed E-state index contributed by atoms with van der Waals surface area (Å²) in [6.07, 6.45) is 1.96. The number of fused-ring (bicyclic) bond motifs is 4. The summed E-state index contributed by atoms with van der Waals surface area (Å²) >= 11 is 1.87. The molecule has 0 fully saturated rings. The fourth-order valence-corrected chi connectivity index (χ4v) is 5.42. The molecule has 5 rings (SSSR count). The van der Waals surface area contributed by atoms with E-state index >= 15 is 0 Å². The fourth-order valence-electron chi connectivity index (χ4n) is 4.14. The minimum Gasteiger partial charge on any atom is -0.255 e. The van der Waals surface area contributed by atoms with Crippen molar-refractivity contribution in [1.82, 2.24) is 4.98 Å². The van der Waals surface area contributed by atoms with Crippen LogP contribution in [0, 0.1) is 6.92 Å². The molecule has 0 radical (unpaired) electrons. The molecular weight excluding hydrogens is 358 g/mol. The molecule has 0 saturated carbocycles. The molecule has 0 aliphatic carbocycles. The van der Waals surface area contributed by atoms with Crippen LogP contribution in [0.1, 0.15) is 31.9 Å². The van der Waals surface area contributed by atoms with E-state index in [2.05, 4.69) is 88.4 Å². The number of thiophene rings is 1. The SMILES string of the molecule is Cc1cccc2c1sc1c(-c3cc(C(C)(C)C)c4ccccc4c3)nccc12. The van der Waals surface area contributed by atoms with Crippen molar-refractivity contribution >= 4 is 42.3 Å². The van der Waals surface area contributed by atoms with E-state index in [4.69, 9.17) is 4.98 Å².